The molecule has 0 radical (unpaired) electrons. The molecule has 0 spiro atoms. The molecule has 0 amide bonds. The highest BCUT2D eigenvalue weighted by molar-refractivity contribution is 7.12. The highest BCUT2D eigenvalue weighted by Gasteiger charge is 2.37. The van der Waals surface area contributed by atoms with Crippen molar-refractivity contribution >= 4 is 17.3 Å². The maximum Gasteiger partial charge on any atom is 0.416 e. The van der Waals surface area contributed by atoms with Crippen LogP contribution in [-0.4, -0.2) is 41.8 Å². The smallest absolute Gasteiger partial charge is 0.368 e. The topological polar surface area (TPSA) is 66.5 Å². The van der Waals surface area contributed by atoms with Gasteiger partial charge in [0.05, 0.1) is 21.8 Å². The predicted molar refractivity (Wildman–Crippen MR) is 145 cm³/mol. The number of aromatic nitrogens is 1. The van der Waals surface area contributed by atoms with Crippen molar-refractivity contribution in [1.29, 1.82) is 0 Å². The molecule has 0 bridgehead atoms. The van der Waals surface area contributed by atoms with Crippen LogP contribution in [0.25, 0.3) is 11.3 Å². The molecular weight excluding hydrogens is 597 g/mol. The number of rotatable bonds is 9. The summed E-state index contributed by atoms with van der Waals surface area (Å²) in [6.45, 7) is 4.71. The molecule has 0 atom stereocenters. The Morgan fingerprint density at radius 3 is 2.21 bits per heavy atom. The fraction of sp³-hybridized carbons (Fsp3) is 0.407. The van der Waals surface area contributed by atoms with E-state index in [9.17, 15) is 39.5 Å². The third kappa shape index (κ3) is 9.26. The maximum atomic E-state index is 13.7. The molecule has 5 nitrogen and oxygen atoms in total. The molecule has 42 heavy (non-hydrogen) atoms. The summed E-state index contributed by atoms with van der Waals surface area (Å²) in [6, 6.07) is 3.09. The first-order chi connectivity index (χ1) is 19.3. The van der Waals surface area contributed by atoms with Gasteiger partial charge in [-0.15, -0.1) is 16.4 Å². The van der Waals surface area contributed by atoms with Crippen molar-refractivity contribution in [2.75, 3.05) is 13.6 Å². The first kappa shape index (κ1) is 34.7. The van der Waals surface area contributed by atoms with Crippen LogP contribution in [0.15, 0.2) is 58.2 Å². The highest BCUT2D eigenvalue weighted by atomic mass is 32.1. The second kappa shape index (κ2) is 13.7. The van der Waals surface area contributed by atoms with Gasteiger partial charge in [0.2, 0.25) is 5.96 Å². The van der Waals surface area contributed by atoms with Crippen LogP contribution in [0, 0.1) is 6.92 Å². The zero-order valence-corrected chi connectivity index (χ0v) is 24.1. The van der Waals surface area contributed by atoms with E-state index >= 15 is 0 Å². The van der Waals surface area contributed by atoms with Gasteiger partial charge < -0.3 is 16.1 Å². The second-order valence-electron chi connectivity index (χ2n) is 9.06. The maximum absolute atomic E-state index is 13.7. The SMILES string of the molecule is C\C=C(/C=C(\C=C(/C)C(F)(F)F)C(F)(F)F)CN(Cc1cc(C(F)(F)F)ccc1-c1nc(C)sc1CC)/C(N)=N/NC. The van der Waals surface area contributed by atoms with E-state index in [1.54, 1.807) is 6.92 Å². The van der Waals surface area contributed by atoms with Gasteiger partial charge in [0.1, 0.15) is 0 Å². The van der Waals surface area contributed by atoms with Crippen LogP contribution in [0.5, 0.6) is 0 Å². The number of benzene rings is 1. The van der Waals surface area contributed by atoms with E-state index in [0.717, 1.165) is 17.0 Å². The van der Waals surface area contributed by atoms with Crippen LogP contribution >= 0.6 is 11.3 Å². The second-order valence-corrected chi connectivity index (χ2v) is 10.4. The molecule has 0 aliphatic carbocycles. The third-order valence-electron chi connectivity index (χ3n) is 5.96. The first-order valence-electron chi connectivity index (χ1n) is 12.4. The third-order valence-corrected chi connectivity index (χ3v) is 7.07. The molecule has 1 heterocycles. The number of nitrogens with one attached hydrogen (secondary N) is 1. The Balaban J connectivity index is 2.68. The Morgan fingerprint density at radius 1 is 1.07 bits per heavy atom. The lowest BCUT2D eigenvalue weighted by molar-refractivity contribution is -0.137. The number of thiazole rings is 1. The van der Waals surface area contributed by atoms with Gasteiger partial charge in [-0.25, -0.2) is 4.98 Å². The minimum atomic E-state index is -5.14. The summed E-state index contributed by atoms with van der Waals surface area (Å²) in [6.07, 6.45) is -12.5. The number of guanidine groups is 1. The molecule has 0 aliphatic rings. The molecule has 15 heteroatoms. The monoisotopic (exact) mass is 627 g/mol. The number of allylic oxidation sites excluding steroid dienone is 4. The molecule has 3 N–H and O–H groups in total. The lowest BCUT2D eigenvalue weighted by Crippen LogP contribution is -2.39. The Labute approximate surface area is 241 Å². The number of nitrogens with zero attached hydrogens (tertiary/aromatic N) is 3. The van der Waals surface area contributed by atoms with Crippen LogP contribution < -0.4 is 11.2 Å². The molecular formula is C27H30F9N5S. The predicted octanol–water partition coefficient (Wildman–Crippen LogP) is 7.89. The van der Waals surface area contributed by atoms with Gasteiger partial charge >= 0.3 is 18.5 Å². The highest BCUT2D eigenvalue weighted by Crippen LogP contribution is 2.37. The molecule has 0 unspecified atom stereocenters. The lowest BCUT2D eigenvalue weighted by atomic mass is 9.99. The molecule has 0 aliphatic heterocycles. The number of hydrogen-bond donors (Lipinski definition) is 2. The van der Waals surface area contributed by atoms with Crippen LogP contribution in [-0.2, 0) is 19.1 Å². The van der Waals surface area contributed by atoms with Crippen LogP contribution in [0.1, 0.15) is 41.8 Å². The molecule has 0 saturated carbocycles. The van der Waals surface area contributed by atoms with Crippen molar-refractivity contribution in [2.45, 2.75) is 59.2 Å². The minimum absolute atomic E-state index is 0.0133. The fourth-order valence-corrected chi connectivity index (χ4v) is 4.71. The zero-order chi connectivity index (χ0) is 32.0. The molecule has 0 saturated heterocycles. The summed E-state index contributed by atoms with van der Waals surface area (Å²) in [5, 5.41) is 4.52. The van der Waals surface area contributed by atoms with Crippen LogP contribution in [0.3, 0.4) is 0 Å². The van der Waals surface area contributed by atoms with Gasteiger partial charge in [0.25, 0.3) is 0 Å². The number of hydrazone groups is 1. The summed E-state index contributed by atoms with van der Waals surface area (Å²) in [5.41, 5.74) is 5.30. The van der Waals surface area contributed by atoms with Gasteiger partial charge in [-0.05, 0) is 62.6 Å². The number of nitrogens with two attached hydrogens (primary N) is 1. The van der Waals surface area contributed by atoms with E-state index in [2.05, 4.69) is 15.5 Å². The van der Waals surface area contributed by atoms with Gasteiger partial charge in [-0.2, -0.15) is 39.5 Å². The Bertz CT molecular complexity index is 1360. The van der Waals surface area contributed by atoms with Crippen molar-refractivity contribution in [2.24, 2.45) is 10.8 Å². The number of hydrogen-bond acceptors (Lipinski definition) is 4. The Hall–Kier alpha value is -3.49. The molecule has 1 aromatic heterocycles. The molecule has 0 fully saturated rings. The first-order valence-corrected chi connectivity index (χ1v) is 13.2. The standard InChI is InChI=1S/C27H30F9N5S/c1-6-17(11-20(27(34,35)36)10-15(3)25(28,29)30)13-41(24(37)40-38-5)14-18-12-19(26(31,32)33)8-9-21(18)23-22(7-2)42-16(4)39-23/h6,8-12,38H,7,13-14H2,1-5H3,(H2,37,40)/b15-10+,17-6+,20-11+. The Morgan fingerprint density at radius 2 is 1.71 bits per heavy atom. The summed E-state index contributed by atoms with van der Waals surface area (Å²) in [5.74, 6) is -0.283. The molecule has 2 aromatic rings. The number of aryl methyl sites for hydroxylation is 2. The van der Waals surface area contributed by atoms with E-state index in [4.69, 9.17) is 5.73 Å². The van der Waals surface area contributed by atoms with Crippen LogP contribution in [0.4, 0.5) is 39.5 Å². The summed E-state index contributed by atoms with van der Waals surface area (Å²) < 4.78 is 121. The van der Waals surface area contributed by atoms with Crippen molar-refractivity contribution in [1.82, 2.24) is 15.3 Å². The largest absolute Gasteiger partial charge is 0.416 e. The average molecular weight is 628 g/mol. The van der Waals surface area contributed by atoms with Crippen molar-refractivity contribution in [3.63, 3.8) is 0 Å². The minimum Gasteiger partial charge on any atom is -0.368 e. The zero-order valence-electron chi connectivity index (χ0n) is 23.3. The van der Waals surface area contributed by atoms with E-state index < -0.39 is 41.8 Å². The fourth-order valence-electron chi connectivity index (χ4n) is 3.82. The average Bonchev–Trinajstić information content (AvgIpc) is 3.25. The summed E-state index contributed by atoms with van der Waals surface area (Å²) in [7, 11) is 1.38. The lowest BCUT2D eigenvalue weighted by Gasteiger charge is -2.26. The summed E-state index contributed by atoms with van der Waals surface area (Å²) >= 11 is 1.38. The quantitative estimate of drug-likeness (QED) is 0.0976. The van der Waals surface area contributed by atoms with Gasteiger partial charge in [0.15, 0.2) is 0 Å². The molecule has 232 valence electrons. The van der Waals surface area contributed by atoms with Gasteiger partial charge in [0, 0.05) is 36.2 Å². The van der Waals surface area contributed by atoms with Gasteiger partial charge in [-0.1, -0.05) is 19.1 Å². The Kier molecular flexibility index (Phi) is 11.3. The van der Waals surface area contributed by atoms with E-state index in [1.807, 2.05) is 6.92 Å². The number of alkyl halides is 9. The summed E-state index contributed by atoms with van der Waals surface area (Å²) in [4.78, 5) is 6.51. The van der Waals surface area contributed by atoms with Crippen LogP contribution in [0.2, 0.25) is 0 Å². The van der Waals surface area contributed by atoms with Crippen molar-refractivity contribution in [3.8, 4) is 11.3 Å². The molecule has 1 aromatic carbocycles. The normalized spacial score (nSPS) is 14.4. The van der Waals surface area contributed by atoms with Gasteiger partial charge in [-0.3, -0.25) is 0 Å². The molecule has 2 rings (SSSR count). The van der Waals surface area contributed by atoms with E-state index in [1.165, 1.54) is 42.4 Å². The van der Waals surface area contributed by atoms with E-state index in [0.29, 0.717) is 35.7 Å². The van der Waals surface area contributed by atoms with Crippen molar-refractivity contribution < 1.29 is 39.5 Å². The van der Waals surface area contributed by atoms with E-state index in [-0.39, 0.29) is 29.7 Å². The van der Waals surface area contributed by atoms with Crippen molar-refractivity contribution in [3.05, 3.63) is 74.2 Å². The number of halogens is 9.